The molecule has 0 amide bonds. The van der Waals surface area contributed by atoms with E-state index in [0.717, 1.165) is 5.56 Å². The third-order valence-electron chi connectivity index (χ3n) is 3.19. The number of hydrogen-bond donors (Lipinski definition) is 1. The second-order valence-corrected chi connectivity index (χ2v) is 6.67. The molecule has 6 heteroatoms. The highest BCUT2D eigenvalue weighted by Crippen LogP contribution is 2.29. The van der Waals surface area contributed by atoms with Crippen LogP contribution in [0.3, 0.4) is 0 Å². The van der Waals surface area contributed by atoms with Gasteiger partial charge in [0.05, 0.1) is 29.9 Å². The molecule has 1 aliphatic rings. The van der Waals surface area contributed by atoms with Gasteiger partial charge in [-0.3, -0.25) is 4.79 Å². The number of carboxylic acids is 1. The fraction of sp³-hybridized carbons (Fsp3) is 0.545. The van der Waals surface area contributed by atoms with E-state index in [9.17, 15) is 18.3 Å². The summed E-state index contributed by atoms with van der Waals surface area (Å²) in [6.07, 6.45) is 3.75. The largest absolute Gasteiger partial charge is 0.481 e. The molecule has 0 spiro atoms. The summed E-state index contributed by atoms with van der Waals surface area (Å²) in [5.41, 5.74) is 0.793. The number of sulfone groups is 1. The molecular weight excluding hydrogens is 244 g/mol. The lowest BCUT2D eigenvalue weighted by Crippen LogP contribution is -2.26. The molecule has 0 radical (unpaired) electrons. The lowest BCUT2D eigenvalue weighted by atomic mass is 9.87. The topological polar surface area (TPSA) is 84.6 Å². The molecule has 1 N–H and O–H groups in total. The molecule has 1 aliphatic heterocycles. The summed E-state index contributed by atoms with van der Waals surface area (Å²) in [4.78, 5) is 11.2. The molecular formula is C11H14O5S. The van der Waals surface area contributed by atoms with Crippen molar-refractivity contribution < 1.29 is 22.7 Å². The maximum atomic E-state index is 11.4. The van der Waals surface area contributed by atoms with Crippen LogP contribution in [0.25, 0.3) is 0 Å². The van der Waals surface area contributed by atoms with E-state index < -0.39 is 21.7 Å². The standard InChI is InChI=1S/C11H14O5S/c12-11(13)10(5-8-1-3-16-6-8)9-2-4-17(14,15)7-9/h1,3,6,9-10H,2,4-5,7H2,(H,12,13). The van der Waals surface area contributed by atoms with E-state index in [0.29, 0.717) is 12.8 Å². The van der Waals surface area contributed by atoms with E-state index in [-0.39, 0.29) is 17.4 Å². The van der Waals surface area contributed by atoms with Crippen LogP contribution >= 0.6 is 0 Å². The molecule has 2 heterocycles. The van der Waals surface area contributed by atoms with Crippen molar-refractivity contribution in [3.05, 3.63) is 24.2 Å². The number of furan rings is 1. The molecule has 5 nitrogen and oxygen atoms in total. The van der Waals surface area contributed by atoms with E-state index in [2.05, 4.69) is 0 Å². The number of hydrogen-bond acceptors (Lipinski definition) is 4. The normalized spacial score (nSPS) is 24.6. The maximum Gasteiger partial charge on any atom is 0.307 e. The van der Waals surface area contributed by atoms with Crippen LogP contribution in [0.2, 0.25) is 0 Å². The maximum absolute atomic E-state index is 11.4. The Balaban J connectivity index is 2.11. The summed E-state index contributed by atoms with van der Waals surface area (Å²) < 4.78 is 27.6. The summed E-state index contributed by atoms with van der Waals surface area (Å²) in [6.45, 7) is 0. The first-order chi connectivity index (χ1) is 7.98. The Morgan fingerprint density at radius 2 is 2.35 bits per heavy atom. The number of aliphatic carboxylic acids is 1. The van der Waals surface area contributed by atoms with Gasteiger partial charge in [-0.15, -0.1) is 0 Å². The van der Waals surface area contributed by atoms with Crippen LogP contribution in [0.15, 0.2) is 23.0 Å². The summed E-state index contributed by atoms with van der Waals surface area (Å²) in [5, 5.41) is 9.18. The molecule has 1 aromatic rings. The molecule has 17 heavy (non-hydrogen) atoms. The van der Waals surface area contributed by atoms with Gasteiger partial charge >= 0.3 is 5.97 Å². The predicted octanol–water partition coefficient (Wildman–Crippen LogP) is 0.958. The second kappa shape index (κ2) is 4.52. The van der Waals surface area contributed by atoms with Gasteiger partial charge in [-0.1, -0.05) is 0 Å². The predicted molar refractivity (Wildman–Crippen MR) is 60.3 cm³/mol. The summed E-state index contributed by atoms with van der Waals surface area (Å²) in [7, 11) is -3.04. The minimum absolute atomic E-state index is 0.0121. The molecule has 1 fully saturated rings. The first-order valence-electron chi connectivity index (χ1n) is 5.42. The zero-order valence-electron chi connectivity index (χ0n) is 9.20. The Kier molecular flexibility index (Phi) is 3.24. The van der Waals surface area contributed by atoms with Gasteiger partial charge in [0, 0.05) is 0 Å². The highest BCUT2D eigenvalue weighted by Gasteiger charge is 2.37. The van der Waals surface area contributed by atoms with Gasteiger partial charge in [0.15, 0.2) is 9.84 Å². The Hall–Kier alpha value is -1.30. The number of rotatable bonds is 4. The van der Waals surface area contributed by atoms with Crippen LogP contribution in [0.4, 0.5) is 0 Å². The Morgan fingerprint density at radius 1 is 1.59 bits per heavy atom. The fourth-order valence-corrected chi connectivity index (χ4v) is 4.14. The minimum atomic E-state index is -3.04. The zero-order valence-corrected chi connectivity index (χ0v) is 10.0. The van der Waals surface area contributed by atoms with Gasteiger partial charge in [0.25, 0.3) is 0 Å². The molecule has 0 aliphatic carbocycles. The Labute approximate surface area is 99.4 Å². The average Bonchev–Trinajstić information content (AvgIpc) is 2.83. The van der Waals surface area contributed by atoms with E-state index >= 15 is 0 Å². The van der Waals surface area contributed by atoms with E-state index in [4.69, 9.17) is 4.42 Å². The summed E-state index contributed by atoms with van der Waals surface area (Å²) in [6, 6.07) is 1.71. The van der Waals surface area contributed by atoms with Crippen molar-refractivity contribution >= 4 is 15.8 Å². The number of carboxylic acid groups (broad SMARTS) is 1. The Bertz CT molecular complexity index is 488. The van der Waals surface area contributed by atoms with Crippen molar-refractivity contribution in [3.63, 3.8) is 0 Å². The summed E-state index contributed by atoms with van der Waals surface area (Å²) in [5.74, 6) is -1.78. The van der Waals surface area contributed by atoms with Crippen molar-refractivity contribution in [2.75, 3.05) is 11.5 Å². The molecule has 0 aromatic carbocycles. The smallest absolute Gasteiger partial charge is 0.307 e. The second-order valence-electron chi connectivity index (χ2n) is 4.44. The SMILES string of the molecule is O=C(O)C(Cc1ccoc1)C1CCS(=O)(=O)C1. The lowest BCUT2D eigenvalue weighted by Gasteiger charge is -2.17. The molecule has 2 unspecified atom stereocenters. The first-order valence-corrected chi connectivity index (χ1v) is 7.24. The molecule has 0 bridgehead atoms. The average molecular weight is 258 g/mol. The highest BCUT2D eigenvalue weighted by molar-refractivity contribution is 7.91. The van der Waals surface area contributed by atoms with Crippen LogP contribution in [-0.4, -0.2) is 31.0 Å². The van der Waals surface area contributed by atoms with Crippen molar-refractivity contribution in [3.8, 4) is 0 Å². The highest BCUT2D eigenvalue weighted by atomic mass is 32.2. The van der Waals surface area contributed by atoms with Crippen molar-refractivity contribution in [1.29, 1.82) is 0 Å². The molecule has 1 aromatic heterocycles. The first kappa shape index (κ1) is 12.2. The van der Waals surface area contributed by atoms with Gasteiger partial charge in [0.2, 0.25) is 0 Å². The van der Waals surface area contributed by atoms with Gasteiger partial charge in [0.1, 0.15) is 0 Å². The van der Waals surface area contributed by atoms with E-state index in [1.807, 2.05) is 0 Å². The number of carbonyl (C=O) groups is 1. The quantitative estimate of drug-likeness (QED) is 0.869. The molecule has 2 atom stereocenters. The van der Waals surface area contributed by atoms with E-state index in [1.54, 1.807) is 6.07 Å². The van der Waals surface area contributed by atoms with E-state index in [1.165, 1.54) is 12.5 Å². The van der Waals surface area contributed by atoms with Crippen LogP contribution in [-0.2, 0) is 21.1 Å². The van der Waals surface area contributed by atoms with Crippen LogP contribution < -0.4 is 0 Å². The fourth-order valence-electron chi connectivity index (χ4n) is 2.26. The minimum Gasteiger partial charge on any atom is -0.481 e. The third-order valence-corrected chi connectivity index (χ3v) is 4.98. The van der Waals surface area contributed by atoms with Crippen LogP contribution in [0.5, 0.6) is 0 Å². The van der Waals surface area contributed by atoms with Crippen molar-refractivity contribution in [2.24, 2.45) is 11.8 Å². The third kappa shape index (κ3) is 2.88. The van der Waals surface area contributed by atoms with Gasteiger partial charge in [-0.25, -0.2) is 8.42 Å². The molecule has 0 saturated carbocycles. The molecule has 2 rings (SSSR count). The van der Waals surface area contributed by atoms with Gasteiger partial charge < -0.3 is 9.52 Å². The van der Waals surface area contributed by atoms with Crippen LogP contribution in [0.1, 0.15) is 12.0 Å². The lowest BCUT2D eigenvalue weighted by molar-refractivity contribution is -0.143. The zero-order chi connectivity index (χ0) is 12.5. The molecule has 1 saturated heterocycles. The van der Waals surface area contributed by atoms with Crippen molar-refractivity contribution in [1.82, 2.24) is 0 Å². The Morgan fingerprint density at radius 3 is 2.82 bits per heavy atom. The van der Waals surface area contributed by atoms with Gasteiger partial charge in [-0.05, 0) is 30.4 Å². The molecule has 94 valence electrons. The van der Waals surface area contributed by atoms with Gasteiger partial charge in [-0.2, -0.15) is 0 Å². The monoisotopic (exact) mass is 258 g/mol. The van der Waals surface area contributed by atoms with Crippen molar-refractivity contribution in [2.45, 2.75) is 12.8 Å². The summed E-state index contributed by atoms with van der Waals surface area (Å²) >= 11 is 0. The van der Waals surface area contributed by atoms with Crippen LogP contribution in [0, 0.1) is 11.8 Å².